The number of anilines is 1. The molecule has 0 fully saturated rings. The maximum atomic E-state index is 11.1. The van der Waals surface area contributed by atoms with Crippen molar-refractivity contribution in [3.8, 4) is 5.75 Å². The predicted molar refractivity (Wildman–Crippen MR) is 53.5 cm³/mol. The Morgan fingerprint density at radius 1 is 1.36 bits per heavy atom. The zero-order valence-electron chi connectivity index (χ0n) is 7.94. The molecule has 0 spiro atoms. The molecule has 0 saturated heterocycles. The second-order valence-electron chi connectivity index (χ2n) is 2.90. The summed E-state index contributed by atoms with van der Waals surface area (Å²) in [5.41, 5.74) is 6.71. The molecule has 0 radical (unpaired) electrons. The SMILES string of the molecule is COc1cc(N)c(C)cc1S(N)(=O)=O. The molecule has 6 heteroatoms. The first-order valence-electron chi connectivity index (χ1n) is 3.83. The first-order valence-corrected chi connectivity index (χ1v) is 5.38. The van der Waals surface area contributed by atoms with Gasteiger partial charge in [0, 0.05) is 11.8 Å². The average molecular weight is 216 g/mol. The molecule has 0 bridgehead atoms. The molecule has 0 aliphatic carbocycles. The van der Waals surface area contributed by atoms with Crippen LogP contribution in [0.3, 0.4) is 0 Å². The predicted octanol–water partition coefficient (Wildman–Crippen LogP) is 0.233. The Morgan fingerprint density at radius 2 is 1.93 bits per heavy atom. The van der Waals surface area contributed by atoms with Gasteiger partial charge in [-0.05, 0) is 18.6 Å². The topological polar surface area (TPSA) is 95.4 Å². The first-order chi connectivity index (χ1) is 6.36. The van der Waals surface area contributed by atoms with E-state index in [9.17, 15) is 8.42 Å². The summed E-state index contributed by atoms with van der Waals surface area (Å²) in [4.78, 5) is -0.0494. The number of rotatable bonds is 2. The number of methoxy groups -OCH3 is 1. The molecule has 0 aliphatic rings. The zero-order chi connectivity index (χ0) is 10.9. The summed E-state index contributed by atoms with van der Waals surface area (Å²) in [7, 11) is -2.41. The van der Waals surface area contributed by atoms with Crippen LogP contribution in [-0.4, -0.2) is 15.5 Å². The standard InChI is InChI=1S/C8H12N2O3S/c1-5-3-8(14(10,11)12)7(13-2)4-6(5)9/h3-4H,9H2,1-2H3,(H2,10,11,12). The fraction of sp³-hybridized carbons (Fsp3) is 0.250. The van der Waals surface area contributed by atoms with Gasteiger partial charge in [-0.2, -0.15) is 0 Å². The zero-order valence-corrected chi connectivity index (χ0v) is 8.76. The van der Waals surface area contributed by atoms with Crippen molar-refractivity contribution in [2.75, 3.05) is 12.8 Å². The van der Waals surface area contributed by atoms with E-state index in [1.165, 1.54) is 19.2 Å². The van der Waals surface area contributed by atoms with Gasteiger partial charge < -0.3 is 10.5 Å². The molecule has 4 N–H and O–H groups in total. The Labute approximate surface area is 82.7 Å². The molecule has 1 aromatic rings. The van der Waals surface area contributed by atoms with Gasteiger partial charge in [-0.1, -0.05) is 0 Å². The van der Waals surface area contributed by atoms with Crippen molar-refractivity contribution in [3.63, 3.8) is 0 Å². The highest BCUT2D eigenvalue weighted by Crippen LogP contribution is 2.27. The summed E-state index contributed by atoms with van der Waals surface area (Å²) in [5.74, 6) is 0.163. The van der Waals surface area contributed by atoms with Gasteiger partial charge in [0.15, 0.2) is 0 Å². The third-order valence-corrected chi connectivity index (χ3v) is 2.79. The lowest BCUT2D eigenvalue weighted by Gasteiger charge is -2.09. The van der Waals surface area contributed by atoms with Gasteiger partial charge in [0.25, 0.3) is 0 Å². The van der Waals surface area contributed by atoms with E-state index < -0.39 is 10.0 Å². The highest BCUT2D eigenvalue weighted by Gasteiger charge is 2.16. The number of benzene rings is 1. The lowest BCUT2D eigenvalue weighted by Crippen LogP contribution is -2.14. The normalized spacial score (nSPS) is 11.4. The minimum atomic E-state index is -3.77. The highest BCUT2D eigenvalue weighted by atomic mass is 32.2. The van der Waals surface area contributed by atoms with E-state index in [-0.39, 0.29) is 10.6 Å². The van der Waals surface area contributed by atoms with E-state index in [0.29, 0.717) is 11.3 Å². The van der Waals surface area contributed by atoms with Gasteiger partial charge in [0.2, 0.25) is 10.0 Å². The molecule has 14 heavy (non-hydrogen) atoms. The van der Waals surface area contributed by atoms with E-state index in [0.717, 1.165) is 0 Å². The molecule has 78 valence electrons. The Kier molecular flexibility index (Phi) is 2.68. The largest absolute Gasteiger partial charge is 0.495 e. The third kappa shape index (κ3) is 1.97. The molecular formula is C8H12N2O3S. The number of aryl methyl sites for hydroxylation is 1. The van der Waals surface area contributed by atoms with Crippen LogP contribution in [0.5, 0.6) is 5.75 Å². The van der Waals surface area contributed by atoms with Gasteiger partial charge in [-0.25, -0.2) is 13.6 Å². The fourth-order valence-corrected chi connectivity index (χ4v) is 1.82. The summed E-state index contributed by atoms with van der Waals surface area (Å²) in [6.45, 7) is 1.70. The van der Waals surface area contributed by atoms with Crippen molar-refractivity contribution in [3.05, 3.63) is 17.7 Å². The van der Waals surface area contributed by atoms with Crippen molar-refractivity contribution >= 4 is 15.7 Å². The Balaban J connectivity index is 3.51. The summed E-state index contributed by atoms with van der Waals surface area (Å²) in [6.07, 6.45) is 0. The molecule has 5 nitrogen and oxygen atoms in total. The third-order valence-electron chi connectivity index (χ3n) is 1.86. The second-order valence-corrected chi connectivity index (χ2v) is 4.43. The van der Waals surface area contributed by atoms with Crippen LogP contribution in [0.4, 0.5) is 5.69 Å². The number of primary sulfonamides is 1. The van der Waals surface area contributed by atoms with Gasteiger partial charge in [0.05, 0.1) is 7.11 Å². The van der Waals surface area contributed by atoms with Crippen molar-refractivity contribution in [1.29, 1.82) is 0 Å². The van der Waals surface area contributed by atoms with E-state index in [1.807, 2.05) is 0 Å². The van der Waals surface area contributed by atoms with Crippen LogP contribution in [0.2, 0.25) is 0 Å². The number of hydrogen-bond acceptors (Lipinski definition) is 4. The molecule has 0 saturated carbocycles. The van der Waals surface area contributed by atoms with E-state index >= 15 is 0 Å². The number of nitrogen functional groups attached to an aromatic ring is 1. The van der Waals surface area contributed by atoms with Crippen molar-refractivity contribution in [2.45, 2.75) is 11.8 Å². The maximum Gasteiger partial charge on any atom is 0.241 e. The quantitative estimate of drug-likeness (QED) is 0.692. The first kappa shape index (κ1) is 10.8. The van der Waals surface area contributed by atoms with E-state index in [4.69, 9.17) is 15.6 Å². The summed E-state index contributed by atoms with van der Waals surface area (Å²) in [6, 6.07) is 2.83. The van der Waals surface area contributed by atoms with Gasteiger partial charge in [0.1, 0.15) is 10.6 Å². The smallest absolute Gasteiger partial charge is 0.241 e. The van der Waals surface area contributed by atoms with Gasteiger partial charge >= 0.3 is 0 Å². The average Bonchev–Trinajstić information content (AvgIpc) is 2.07. The molecule has 0 aromatic heterocycles. The van der Waals surface area contributed by atoms with Crippen LogP contribution in [-0.2, 0) is 10.0 Å². The number of sulfonamides is 1. The van der Waals surface area contributed by atoms with Crippen LogP contribution in [0.1, 0.15) is 5.56 Å². The summed E-state index contributed by atoms with van der Waals surface area (Å²) in [5, 5.41) is 5.00. The molecule has 0 heterocycles. The molecule has 0 atom stereocenters. The lowest BCUT2D eigenvalue weighted by molar-refractivity contribution is 0.403. The minimum absolute atomic E-state index is 0.0494. The van der Waals surface area contributed by atoms with Crippen molar-refractivity contribution in [1.82, 2.24) is 0 Å². The van der Waals surface area contributed by atoms with E-state index in [2.05, 4.69) is 0 Å². The van der Waals surface area contributed by atoms with E-state index in [1.54, 1.807) is 6.92 Å². The summed E-state index contributed by atoms with van der Waals surface area (Å²) < 4.78 is 27.1. The fourth-order valence-electron chi connectivity index (χ4n) is 1.06. The molecule has 0 unspecified atom stereocenters. The number of nitrogens with two attached hydrogens (primary N) is 2. The number of hydrogen-bond donors (Lipinski definition) is 2. The van der Waals surface area contributed by atoms with Crippen LogP contribution >= 0.6 is 0 Å². The van der Waals surface area contributed by atoms with Crippen LogP contribution in [0, 0.1) is 6.92 Å². The van der Waals surface area contributed by atoms with Crippen LogP contribution < -0.4 is 15.6 Å². The molecule has 1 aromatic carbocycles. The van der Waals surface area contributed by atoms with Crippen LogP contribution in [0.25, 0.3) is 0 Å². The molecule has 0 aliphatic heterocycles. The molecular weight excluding hydrogens is 204 g/mol. The maximum absolute atomic E-state index is 11.1. The minimum Gasteiger partial charge on any atom is -0.495 e. The van der Waals surface area contributed by atoms with Crippen molar-refractivity contribution < 1.29 is 13.2 Å². The Hall–Kier alpha value is -1.27. The monoisotopic (exact) mass is 216 g/mol. The lowest BCUT2D eigenvalue weighted by atomic mass is 10.2. The van der Waals surface area contributed by atoms with Crippen LogP contribution in [0.15, 0.2) is 17.0 Å². The molecule has 0 amide bonds. The van der Waals surface area contributed by atoms with Gasteiger partial charge in [-0.15, -0.1) is 0 Å². The highest BCUT2D eigenvalue weighted by molar-refractivity contribution is 7.89. The summed E-state index contributed by atoms with van der Waals surface area (Å²) >= 11 is 0. The Morgan fingerprint density at radius 3 is 2.36 bits per heavy atom. The second kappa shape index (κ2) is 3.47. The van der Waals surface area contributed by atoms with Gasteiger partial charge in [-0.3, -0.25) is 0 Å². The Bertz CT molecular complexity index is 454. The van der Waals surface area contributed by atoms with Crippen molar-refractivity contribution in [2.24, 2.45) is 5.14 Å². The molecule has 1 rings (SSSR count). The number of ether oxygens (including phenoxy) is 1.